The second kappa shape index (κ2) is 7.45. The van der Waals surface area contributed by atoms with E-state index in [0.717, 1.165) is 16.9 Å². The number of hydrogen-bond acceptors (Lipinski definition) is 5. The van der Waals surface area contributed by atoms with Gasteiger partial charge in [0.15, 0.2) is 0 Å². The maximum atomic E-state index is 13.3. The van der Waals surface area contributed by atoms with Crippen molar-refractivity contribution < 1.29 is 23.1 Å². The molecule has 0 saturated carbocycles. The second-order valence-corrected chi connectivity index (χ2v) is 8.12. The van der Waals surface area contributed by atoms with Crippen LogP contribution >= 0.6 is 0 Å². The van der Waals surface area contributed by atoms with Crippen molar-refractivity contribution in [1.82, 2.24) is 0 Å². The summed E-state index contributed by atoms with van der Waals surface area (Å²) in [5.74, 6) is 0.0802. The molecule has 3 heterocycles. The molecular weight excluding hydrogens is 423 g/mol. The van der Waals surface area contributed by atoms with Gasteiger partial charge in [-0.1, -0.05) is 30.3 Å². The Hall–Kier alpha value is -4.19. The highest BCUT2D eigenvalue weighted by Crippen LogP contribution is 2.45. The van der Waals surface area contributed by atoms with Gasteiger partial charge in [-0.2, -0.15) is 0 Å². The first kappa shape index (κ1) is 19.5. The molecule has 3 aromatic carbocycles. The normalized spacial score (nSPS) is 16.9. The maximum Gasteiger partial charge on any atom is 0.312 e. The topological polar surface area (TPSA) is 65.7 Å². The monoisotopic (exact) mass is 440 g/mol. The molecule has 6 rings (SSSR count). The Labute approximate surface area is 187 Å². The van der Waals surface area contributed by atoms with E-state index in [1.807, 2.05) is 30.3 Å². The van der Waals surface area contributed by atoms with Crippen LogP contribution in [0.2, 0.25) is 0 Å². The highest BCUT2D eigenvalue weighted by molar-refractivity contribution is 5.90. The van der Waals surface area contributed by atoms with Crippen molar-refractivity contribution in [2.45, 2.75) is 12.3 Å². The lowest BCUT2D eigenvalue weighted by molar-refractivity contribution is -0.135. The number of carbonyl (C=O) groups excluding carboxylic acids is 1. The minimum Gasteiger partial charge on any atom is -0.489 e. The van der Waals surface area contributed by atoms with E-state index in [2.05, 4.69) is 0 Å². The first-order valence-corrected chi connectivity index (χ1v) is 10.6. The van der Waals surface area contributed by atoms with E-state index in [1.54, 1.807) is 12.1 Å². The third-order valence-electron chi connectivity index (χ3n) is 6.14. The number of para-hydroxylation sites is 1. The van der Waals surface area contributed by atoms with E-state index in [9.17, 15) is 14.0 Å². The number of halogens is 1. The summed E-state index contributed by atoms with van der Waals surface area (Å²) in [6, 6.07) is 16.6. The van der Waals surface area contributed by atoms with Gasteiger partial charge in [-0.3, -0.25) is 9.59 Å². The lowest BCUT2D eigenvalue weighted by Gasteiger charge is -2.29. The van der Waals surface area contributed by atoms with Gasteiger partial charge in [0.2, 0.25) is 5.43 Å². The lowest BCUT2D eigenvalue weighted by atomic mass is 9.83. The first-order chi connectivity index (χ1) is 16.1. The Morgan fingerprint density at radius 2 is 1.73 bits per heavy atom. The van der Waals surface area contributed by atoms with Crippen molar-refractivity contribution in [3.63, 3.8) is 0 Å². The molecule has 5 nitrogen and oxygen atoms in total. The molecule has 2 aliphatic heterocycles. The van der Waals surface area contributed by atoms with Crippen molar-refractivity contribution in [3.8, 4) is 22.6 Å². The highest BCUT2D eigenvalue weighted by atomic mass is 19.1. The molecule has 0 fully saturated rings. The number of ether oxygens (including phenoxy) is 2. The van der Waals surface area contributed by atoms with Crippen molar-refractivity contribution in [2.75, 3.05) is 6.61 Å². The fourth-order valence-corrected chi connectivity index (χ4v) is 4.54. The van der Waals surface area contributed by atoms with Crippen LogP contribution in [0.25, 0.3) is 28.2 Å². The zero-order valence-corrected chi connectivity index (χ0v) is 17.3. The summed E-state index contributed by atoms with van der Waals surface area (Å²) in [4.78, 5) is 25.7. The van der Waals surface area contributed by atoms with E-state index < -0.39 is 0 Å². The van der Waals surface area contributed by atoms with Gasteiger partial charge in [-0.15, -0.1) is 0 Å². The Kier molecular flexibility index (Phi) is 4.40. The van der Waals surface area contributed by atoms with Gasteiger partial charge in [-0.05, 0) is 47.5 Å². The molecule has 0 N–H and O–H groups in total. The Bertz CT molecular complexity index is 1510. The average Bonchev–Trinajstić information content (AvgIpc) is 2.84. The van der Waals surface area contributed by atoms with Crippen molar-refractivity contribution in [3.05, 3.63) is 99.7 Å². The van der Waals surface area contributed by atoms with E-state index in [-0.39, 0.29) is 29.6 Å². The smallest absolute Gasteiger partial charge is 0.312 e. The van der Waals surface area contributed by atoms with Crippen LogP contribution in [0.1, 0.15) is 23.5 Å². The molecular formula is C27H17FO5. The van der Waals surface area contributed by atoms with Gasteiger partial charge in [0.05, 0.1) is 17.4 Å². The maximum absolute atomic E-state index is 13.3. The Balaban J connectivity index is 1.53. The van der Waals surface area contributed by atoms with Crippen LogP contribution in [0.5, 0.6) is 11.5 Å². The van der Waals surface area contributed by atoms with Crippen molar-refractivity contribution in [2.24, 2.45) is 0 Å². The van der Waals surface area contributed by atoms with Crippen LogP contribution in [-0.4, -0.2) is 12.6 Å². The molecule has 0 aliphatic carbocycles. The van der Waals surface area contributed by atoms with Crippen LogP contribution < -0.4 is 14.9 Å². The van der Waals surface area contributed by atoms with E-state index in [0.29, 0.717) is 40.0 Å². The SMILES string of the molecule is O=C1C[C@H](C2=Cc3ccccc3OC2)c2c(ccc3c(=O)c(-c4ccc(F)cc4)coc23)O1. The summed E-state index contributed by atoms with van der Waals surface area (Å²) in [5, 5.41) is 0.372. The summed E-state index contributed by atoms with van der Waals surface area (Å²) in [6.45, 7) is 0.322. The van der Waals surface area contributed by atoms with Crippen LogP contribution in [-0.2, 0) is 4.79 Å². The van der Waals surface area contributed by atoms with Crippen molar-refractivity contribution >= 4 is 23.0 Å². The van der Waals surface area contributed by atoms with Gasteiger partial charge in [0.25, 0.3) is 0 Å². The van der Waals surface area contributed by atoms with Crippen LogP contribution in [0, 0.1) is 5.82 Å². The first-order valence-electron chi connectivity index (χ1n) is 10.6. The number of esters is 1. The molecule has 0 spiro atoms. The van der Waals surface area contributed by atoms with Crippen LogP contribution in [0.3, 0.4) is 0 Å². The van der Waals surface area contributed by atoms with Crippen LogP contribution in [0.15, 0.2) is 81.7 Å². The van der Waals surface area contributed by atoms with Crippen LogP contribution in [0.4, 0.5) is 4.39 Å². The van der Waals surface area contributed by atoms with Crippen molar-refractivity contribution in [1.29, 1.82) is 0 Å². The third kappa shape index (κ3) is 3.22. The molecule has 0 bridgehead atoms. The highest BCUT2D eigenvalue weighted by Gasteiger charge is 2.34. The Morgan fingerprint density at radius 1 is 0.909 bits per heavy atom. The minimum atomic E-state index is -0.382. The van der Waals surface area contributed by atoms with Gasteiger partial charge in [0.1, 0.15) is 35.8 Å². The molecule has 1 atom stereocenters. The summed E-state index contributed by atoms with van der Waals surface area (Å²) in [7, 11) is 0. The zero-order valence-electron chi connectivity index (χ0n) is 17.3. The van der Waals surface area contributed by atoms with Gasteiger partial charge >= 0.3 is 5.97 Å². The van der Waals surface area contributed by atoms with E-state index >= 15 is 0 Å². The number of hydrogen-bond donors (Lipinski definition) is 0. The van der Waals surface area contributed by atoms with Gasteiger partial charge in [0, 0.05) is 17.0 Å². The average molecular weight is 440 g/mol. The fraction of sp³-hybridized carbons (Fsp3) is 0.111. The minimum absolute atomic E-state index is 0.118. The molecule has 1 aromatic heterocycles. The quantitative estimate of drug-likeness (QED) is 0.306. The van der Waals surface area contributed by atoms with E-state index in [1.165, 1.54) is 30.5 Å². The van der Waals surface area contributed by atoms with Gasteiger partial charge in [-0.25, -0.2) is 4.39 Å². The molecule has 162 valence electrons. The number of carbonyl (C=O) groups is 1. The molecule has 33 heavy (non-hydrogen) atoms. The number of fused-ring (bicyclic) bond motifs is 4. The molecule has 0 unspecified atom stereocenters. The standard InChI is InChI=1S/C27H17FO5/c28-18-7-5-15(6-8-18)21-14-32-27-19(26(21)30)9-10-23-25(27)20(12-24(29)33-23)17-11-16-3-1-2-4-22(16)31-13-17/h1-11,14,20H,12-13H2/t20-/m1/s1. The molecule has 0 saturated heterocycles. The largest absolute Gasteiger partial charge is 0.489 e. The molecule has 6 heteroatoms. The molecule has 4 aromatic rings. The predicted molar refractivity (Wildman–Crippen MR) is 121 cm³/mol. The van der Waals surface area contributed by atoms with E-state index in [4.69, 9.17) is 13.9 Å². The summed E-state index contributed by atoms with van der Waals surface area (Å²) >= 11 is 0. The summed E-state index contributed by atoms with van der Waals surface area (Å²) in [6.07, 6.45) is 3.52. The fourth-order valence-electron chi connectivity index (χ4n) is 4.54. The van der Waals surface area contributed by atoms with Gasteiger partial charge < -0.3 is 13.9 Å². The zero-order chi connectivity index (χ0) is 22.5. The number of benzene rings is 3. The molecule has 0 radical (unpaired) electrons. The summed E-state index contributed by atoms with van der Waals surface area (Å²) in [5.41, 5.74) is 3.53. The Morgan fingerprint density at radius 3 is 2.58 bits per heavy atom. The predicted octanol–water partition coefficient (Wildman–Crippen LogP) is 5.47. The number of rotatable bonds is 2. The lowest BCUT2D eigenvalue weighted by Crippen LogP contribution is -2.25. The second-order valence-electron chi connectivity index (χ2n) is 8.12. The molecule has 0 amide bonds. The molecule has 2 aliphatic rings. The third-order valence-corrected chi connectivity index (χ3v) is 6.14. The summed E-state index contributed by atoms with van der Waals surface area (Å²) < 4.78 is 30.7.